The van der Waals surface area contributed by atoms with Crippen molar-refractivity contribution < 1.29 is 13.3 Å². The lowest BCUT2D eigenvalue weighted by Crippen LogP contribution is -2.35. The molecule has 0 unspecified atom stereocenters. The number of sulfonamides is 1. The molecule has 7 nitrogen and oxygen atoms in total. The van der Waals surface area contributed by atoms with Crippen LogP contribution in [0.25, 0.3) is 0 Å². The molecular weight excluding hydrogens is 354 g/mol. The Bertz CT molecular complexity index is 785. The third kappa shape index (κ3) is 3.57. The van der Waals surface area contributed by atoms with Crippen LogP contribution in [0.4, 0.5) is 11.4 Å². The first-order valence-electron chi connectivity index (χ1n) is 9.52. The van der Waals surface area contributed by atoms with E-state index in [0.717, 1.165) is 19.3 Å². The van der Waals surface area contributed by atoms with Gasteiger partial charge in [-0.2, -0.15) is 4.31 Å². The second kappa shape index (κ2) is 6.81. The van der Waals surface area contributed by atoms with Crippen molar-refractivity contribution in [2.75, 3.05) is 18.4 Å². The number of hydrogen-bond donors (Lipinski definition) is 1. The Hall–Kier alpha value is -1.67. The molecule has 1 aliphatic heterocycles. The molecule has 0 atom stereocenters. The number of nitro benzene ring substituents is 1. The molecule has 4 rings (SSSR count). The summed E-state index contributed by atoms with van der Waals surface area (Å²) >= 11 is 0. The van der Waals surface area contributed by atoms with Crippen LogP contribution in [0.2, 0.25) is 0 Å². The van der Waals surface area contributed by atoms with E-state index in [9.17, 15) is 18.5 Å². The fourth-order valence-electron chi connectivity index (χ4n) is 3.91. The first kappa shape index (κ1) is 17.7. The number of piperidine rings is 1. The minimum absolute atomic E-state index is 0.0195. The SMILES string of the molecule is O=[N+]([O-])c1cc(S(=O)(=O)N2CCCCC2)ccc1NC(C1CC1)C1CC1. The third-order valence-corrected chi connectivity index (χ3v) is 7.60. The van der Waals surface area contributed by atoms with Gasteiger partial charge in [-0.1, -0.05) is 6.42 Å². The molecule has 1 aromatic rings. The van der Waals surface area contributed by atoms with Gasteiger partial charge in [0.15, 0.2) is 0 Å². The van der Waals surface area contributed by atoms with E-state index < -0.39 is 14.9 Å². The number of nitro groups is 1. The van der Waals surface area contributed by atoms with Crippen molar-refractivity contribution in [1.29, 1.82) is 0 Å². The zero-order valence-corrected chi connectivity index (χ0v) is 15.6. The topological polar surface area (TPSA) is 92.5 Å². The third-order valence-electron chi connectivity index (χ3n) is 5.70. The molecule has 1 N–H and O–H groups in total. The van der Waals surface area contributed by atoms with Crippen molar-refractivity contribution in [2.45, 2.75) is 55.9 Å². The van der Waals surface area contributed by atoms with E-state index >= 15 is 0 Å². The summed E-state index contributed by atoms with van der Waals surface area (Å²) in [5, 5.41) is 14.9. The summed E-state index contributed by atoms with van der Waals surface area (Å²) in [6, 6.07) is 4.59. The van der Waals surface area contributed by atoms with E-state index in [0.29, 0.717) is 30.6 Å². The fraction of sp³-hybridized carbons (Fsp3) is 0.667. The Labute approximate surface area is 154 Å². The molecular formula is C18H25N3O4S. The highest BCUT2D eigenvalue weighted by Gasteiger charge is 2.42. The van der Waals surface area contributed by atoms with E-state index in [1.165, 1.54) is 42.1 Å². The Balaban J connectivity index is 1.61. The second-order valence-corrected chi connectivity index (χ2v) is 9.68. The maximum Gasteiger partial charge on any atom is 0.293 e. The van der Waals surface area contributed by atoms with Crippen LogP contribution in [0, 0.1) is 22.0 Å². The molecule has 0 radical (unpaired) electrons. The monoisotopic (exact) mass is 379 g/mol. The van der Waals surface area contributed by atoms with Gasteiger partial charge in [0.2, 0.25) is 10.0 Å². The number of nitrogens with zero attached hydrogens (tertiary/aromatic N) is 2. The van der Waals surface area contributed by atoms with Crippen LogP contribution >= 0.6 is 0 Å². The molecule has 3 aliphatic rings. The summed E-state index contributed by atoms with van der Waals surface area (Å²) in [6.07, 6.45) is 7.38. The summed E-state index contributed by atoms with van der Waals surface area (Å²) in [7, 11) is -3.67. The van der Waals surface area contributed by atoms with Crippen molar-refractivity contribution in [2.24, 2.45) is 11.8 Å². The van der Waals surface area contributed by atoms with Crippen LogP contribution in [0.1, 0.15) is 44.9 Å². The zero-order chi connectivity index (χ0) is 18.3. The van der Waals surface area contributed by atoms with Crippen molar-refractivity contribution in [3.05, 3.63) is 28.3 Å². The molecule has 3 fully saturated rings. The van der Waals surface area contributed by atoms with Gasteiger partial charge < -0.3 is 5.32 Å². The lowest BCUT2D eigenvalue weighted by Gasteiger charge is -2.26. The maximum absolute atomic E-state index is 12.8. The standard InChI is InChI=1S/C18H25N3O4S/c22-21(23)17-12-15(26(24,25)20-10-2-1-3-11-20)8-9-16(17)19-18(13-4-5-13)14-6-7-14/h8-9,12-14,18-19H,1-7,10-11H2. The van der Waals surface area contributed by atoms with E-state index in [1.807, 2.05) is 0 Å². The highest BCUT2D eigenvalue weighted by atomic mass is 32.2. The lowest BCUT2D eigenvalue weighted by molar-refractivity contribution is -0.384. The molecule has 8 heteroatoms. The van der Waals surface area contributed by atoms with Crippen molar-refractivity contribution >= 4 is 21.4 Å². The number of rotatable bonds is 7. The van der Waals surface area contributed by atoms with Gasteiger partial charge in [-0.25, -0.2) is 8.42 Å². The smallest absolute Gasteiger partial charge is 0.293 e. The average molecular weight is 379 g/mol. The van der Waals surface area contributed by atoms with Gasteiger partial charge in [-0.15, -0.1) is 0 Å². The molecule has 1 saturated heterocycles. The number of nitrogens with one attached hydrogen (secondary N) is 1. The summed E-state index contributed by atoms with van der Waals surface area (Å²) in [5.74, 6) is 1.19. The van der Waals surface area contributed by atoms with E-state index in [2.05, 4.69) is 5.32 Å². The first-order valence-corrected chi connectivity index (χ1v) is 11.0. The van der Waals surface area contributed by atoms with Crippen molar-refractivity contribution in [1.82, 2.24) is 4.31 Å². The van der Waals surface area contributed by atoms with Gasteiger partial charge in [0.05, 0.1) is 9.82 Å². The Morgan fingerprint density at radius 2 is 1.69 bits per heavy atom. The zero-order valence-electron chi connectivity index (χ0n) is 14.8. The van der Waals surface area contributed by atoms with Crippen LogP contribution in [-0.2, 0) is 10.0 Å². The molecule has 0 bridgehead atoms. The number of benzene rings is 1. The second-order valence-electron chi connectivity index (χ2n) is 7.75. The molecule has 1 aromatic carbocycles. The van der Waals surface area contributed by atoms with Gasteiger partial charge in [-0.05, 0) is 62.5 Å². The van der Waals surface area contributed by atoms with E-state index in [4.69, 9.17) is 0 Å². The number of hydrogen-bond acceptors (Lipinski definition) is 5. The van der Waals surface area contributed by atoms with Gasteiger partial charge >= 0.3 is 0 Å². The van der Waals surface area contributed by atoms with Crippen LogP contribution in [0.3, 0.4) is 0 Å². The summed E-state index contributed by atoms with van der Waals surface area (Å²) in [4.78, 5) is 11.1. The quantitative estimate of drug-likeness (QED) is 0.579. The predicted octanol–water partition coefficient (Wildman–Crippen LogP) is 3.37. The summed E-state index contributed by atoms with van der Waals surface area (Å²) in [6.45, 7) is 0.975. The van der Waals surface area contributed by atoms with Crippen LogP contribution in [0.5, 0.6) is 0 Å². The van der Waals surface area contributed by atoms with E-state index in [1.54, 1.807) is 6.07 Å². The lowest BCUT2D eigenvalue weighted by atomic mass is 10.1. The van der Waals surface area contributed by atoms with Gasteiger partial charge in [-0.3, -0.25) is 10.1 Å². The maximum atomic E-state index is 12.8. The first-order chi connectivity index (χ1) is 12.5. The molecule has 0 amide bonds. The summed E-state index contributed by atoms with van der Waals surface area (Å²) in [5.41, 5.74) is 0.297. The Morgan fingerprint density at radius 3 is 2.23 bits per heavy atom. The number of anilines is 1. The molecule has 1 heterocycles. The van der Waals surface area contributed by atoms with E-state index in [-0.39, 0.29) is 16.6 Å². The van der Waals surface area contributed by atoms with Crippen LogP contribution in [-0.4, -0.2) is 36.8 Å². The molecule has 0 spiro atoms. The summed E-state index contributed by atoms with van der Waals surface area (Å²) < 4.78 is 27.1. The van der Waals surface area contributed by atoms with Crippen molar-refractivity contribution in [3.8, 4) is 0 Å². The Morgan fingerprint density at radius 1 is 1.08 bits per heavy atom. The van der Waals surface area contributed by atoms with Crippen LogP contribution < -0.4 is 5.32 Å². The normalized spacial score (nSPS) is 21.7. The van der Waals surface area contributed by atoms with Gasteiger partial charge in [0.1, 0.15) is 5.69 Å². The molecule has 26 heavy (non-hydrogen) atoms. The minimum atomic E-state index is -3.67. The highest BCUT2D eigenvalue weighted by Crippen LogP contribution is 2.46. The fourth-order valence-corrected chi connectivity index (χ4v) is 5.45. The van der Waals surface area contributed by atoms with Crippen LogP contribution in [0.15, 0.2) is 23.1 Å². The molecule has 0 aromatic heterocycles. The Kier molecular flexibility index (Phi) is 4.64. The molecule has 2 saturated carbocycles. The van der Waals surface area contributed by atoms with Gasteiger partial charge in [0, 0.05) is 25.2 Å². The van der Waals surface area contributed by atoms with Gasteiger partial charge in [0.25, 0.3) is 5.69 Å². The largest absolute Gasteiger partial charge is 0.376 e. The van der Waals surface area contributed by atoms with Crippen molar-refractivity contribution in [3.63, 3.8) is 0 Å². The average Bonchev–Trinajstić information content (AvgIpc) is 3.54. The molecule has 142 valence electrons. The minimum Gasteiger partial charge on any atom is -0.376 e. The molecule has 2 aliphatic carbocycles. The predicted molar refractivity (Wildman–Crippen MR) is 98.6 cm³/mol. The highest BCUT2D eigenvalue weighted by molar-refractivity contribution is 7.89.